The van der Waals surface area contributed by atoms with Crippen molar-refractivity contribution >= 4 is 29.6 Å². The van der Waals surface area contributed by atoms with Crippen molar-refractivity contribution in [3.05, 3.63) is 203 Å². The van der Waals surface area contributed by atoms with E-state index in [9.17, 15) is 10.0 Å². The number of nitrogens with zero attached hydrogens (tertiary/aromatic N) is 1. The number of rotatable bonds is 7. The molecule has 0 bridgehead atoms. The molecule has 236 valence electrons. The Morgan fingerprint density at radius 2 is 0.796 bits per heavy atom. The van der Waals surface area contributed by atoms with Crippen LogP contribution in [0, 0.1) is 13.8 Å². The van der Waals surface area contributed by atoms with Crippen LogP contribution in [0.25, 0.3) is 22.3 Å². The zero-order chi connectivity index (χ0) is 33.5. The fraction of sp³-hybridized carbons (Fsp3) is 0.0667. The molecule has 2 N–H and O–H groups in total. The molecular formula is C45H36BNO2. The molecule has 49 heavy (non-hydrogen) atoms. The highest BCUT2D eigenvalue weighted by atomic mass is 16.4. The van der Waals surface area contributed by atoms with Gasteiger partial charge in [0.05, 0.1) is 5.41 Å². The molecule has 1 aliphatic rings. The topological polar surface area (TPSA) is 43.7 Å². The van der Waals surface area contributed by atoms with Crippen molar-refractivity contribution in [1.29, 1.82) is 0 Å². The molecule has 0 amide bonds. The van der Waals surface area contributed by atoms with Crippen molar-refractivity contribution in [1.82, 2.24) is 0 Å². The lowest BCUT2D eigenvalue weighted by molar-refractivity contribution is 0.426. The highest BCUT2D eigenvalue weighted by molar-refractivity contribution is 6.58. The summed E-state index contributed by atoms with van der Waals surface area (Å²) in [5.41, 5.74) is 15.1. The first-order valence-electron chi connectivity index (χ1n) is 16.7. The average molecular weight is 634 g/mol. The van der Waals surface area contributed by atoms with Crippen LogP contribution in [0.15, 0.2) is 170 Å². The number of anilines is 3. The Morgan fingerprint density at radius 3 is 1.22 bits per heavy atom. The van der Waals surface area contributed by atoms with Crippen molar-refractivity contribution in [2.24, 2.45) is 0 Å². The minimum atomic E-state index is -1.51. The summed E-state index contributed by atoms with van der Waals surface area (Å²) in [7, 11) is -1.51. The fourth-order valence-corrected chi connectivity index (χ4v) is 7.48. The summed E-state index contributed by atoms with van der Waals surface area (Å²) >= 11 is 0. The third-order valence-corrected chi connectivity index (χ3v) is 9.96. The summed E-state index contributed by atoms with van der Waals surface area (Å²) in [5, 5.41) is 19.7. The van der Waals surface area contributed by atoms with Crippen molar-refractivity contribution in [3.8, 4) is 22.3 Å². The lowest BCUT2D eigenvalue weighted by Crippen LogP contribution is -2.32. The van der Waals surface area contributed by atoms with Gasteiger partial charge in [0.15, 0.2) is 0 Å². The van der Waals surface area contributed by atoms with E-state index in [0.717, 1.165) is 39.3 Å². The first-order valence-corrected chi connectivity index (χ1v) is 16.7. The number of aryl methyl sites for hydroxylation is 2. The highest BCUT2D eigenvalue weighted by Gasteiger charge is 2.45. The molecule has 0 spiro atoms. The monoisotopic (exact) mass is 633 g/mol. The van der Waals surface area contributed by atoms with Gasteiger partial charge in [-0.25, -0.2) is 0 Å². The minimum absolute atomic E-state index is 0.473. The molecule has 3 nitrogen and oxygen atoms in total. The fourth-order valence-electron chi connectivity index (χ4n) is 7.48. The van der Waals surface area contributed by atoms with Gasteiger partial charge in [-0.3, -0.25) is 0 Å². The molecule has 0 unspecified atom stereocenters. The second-order valence-corrected chi connectivity index (χ2v) is 13.0. The van der Waals surface area contributed by atoms with Crippen LogP contribution >= 0.6 is 0 Å². The van der Waals surface area contributed by atoms with E-state index >= 15 is 0 Å². The number of hydrogen-bond acceptors (Lipinski definition) is 3. The third kappa shape index (κ3) is 5.27. The van der Waals surface area contributed by atoms with E-state index in [1.165, 1.54) is 33.4 Å². The summed E-state index contributed by atoms with van der Waals surface area (Å²) in [6, 6.07) is 60.1. The maximum atomic E-state index is 9.85. The van der Waals surface area contributed by atoms with Gasteiger partial charge >= 0.3 is 7.12 Å². The maximum absolute atomic E-state index is 9.85. The van der Waals surface area contributed by atoms with Crippen molar-refractivity contribution < 1.29 is 10.0 Å². The second-order valence-electron chi connectivity index (χ2n) is 13.0. The zero-order valence-corrected chi connectivity index (χ0v) is 27.6. The van der Waals surface area contributed by atoms with E-state index in [1.54, 1.807) is 0 Å². The van der Waals surface area contributed by atoms with Crippen LogP contribution < -0.4 is 10.4 Å². The van der Waals surface area contributed by atoms with E-state index in [0.29, 0.717) is 5.46 Å². The lowest BCUT2D eigenvalue weighted by atomic mass is 9.66. The standard InChI is InChI=1S/C45H36BNO2/c1-31-11-25-38(26-12-31)47(39-27-13-32(2)14-28-39)40-29-17-34(18-30-40)33-15-19-35(20-16-33)45(36-21-23-37(24-22-36)46(48)49)43-9-5-3-7-41(43)42-8-4-6-10-44(42)45/h3-30,48-49H,1-2H3. The molecular weight excluding hydrogens is 597 g/mol. The van der Waals surface area contributed by atoms with Gasteiger partial charge in [-0.2, -0.15) is 0 Å². The van der Waals surface area contributed by atoms with E-state index in [1.807, 2.05) is 24.3 Å². The molecule has 1 aliphatic carbocycles. The van der Waals surface area contributed by atoms with Gasteiger partial charge < -0.3 is 14.9 Å². The molecule has 8 rings (SSSR count). The number of hydrogen-bond donors (Lipinski definition) is 2. The Labute approximate surface area is 288 Å². The molecule has 0 atom stereocenters. The SMILES string of the molecule is Cc1ccc(N(c2ccc(C)cc2)c2ccc(-c3ccc(C4(c5ccc(B(O)O)cc5)c5ccccc5-c5ccccc54)cc3)cc2)cc1. The molecule has 0 aromatic heterocycles. The first kappa shape index (κ1) is 30.6. The molecule has 0 aliphatic heterocycles. The van der Waals surface area contributed by atoms with Gasteiger partial charge in [-0.1, -0.05) is 145 Å². The smallest absolute Gasteiger partial charge is 0.423 e. The Morgan fingerprint density at radius 1 is 0.429 bits per heavy atom. The van der Waals surface area contributed by atoms with Gasteiger partial charge in [0.1, 0.15) is 0 Å². The molecule has 0 saturated carbocycles. The quantitative estimate of drug-likeness (QED) is 0.172. The van der Waals surface area contributed by atoms with Crippen LogP contribution in [0.4, 0.5) is 17.1 Å². The van der Waals surface area contributed by atoms with E-state index in [4.69, 9.17) is 0 Å². The maximum Gasteiger partial charge on any atom is 0.488 e. The molecule has 7 aromatic carbocycles. The third-order valence-electron chi connectivity index (χ3n) is 9.96. The predicted molar refractivity (Wildman–Crippen MR) is 203 cm³/mol. The Hall–Kier alpha value is -5.68. The van der Waals surface area contributed by atoms with Crippen molar-refractivity contribution in [2.45, 2.75) is 19.3 Å². The van der Waals surface area contributed by atoms with Crippen LogP contribution in [-0.2, 0) is 5.41 Å². The summed E-state index contributed by atoms with van der Waals surface area (Å²) in [6.45, 7) is 4.23. The molecule has 0 fully saturated rings. The predicted octanol–water partition coefficient (Wildman–Crippen LogP) is 9.48. The van der Waals surface area contributed by atoms with Gasteiger partial charge in [0.2, 0.25) is 0 Å². The number of fused-ring (bicyclic) bond motifs is 3. The Bertz CT molecular complexity index is 2150. The minimum Gasteiger partial charge on any atom is -0.423 e. The first-order chi connectivity index (χ1) is 23.9. The largest absolute Gasteiger partial charge is 0.488 e. The summed E-state index contributed by atoms with van der Waals surface area (Å²) in [4.78, 5) is 2.30. The van der Waals surface area contributed by atoms with Crippen molar-refractivity contribution in [3.63, 3.8) is 0 Å². The molecule has 0 saturated heterocycles. The van der Waals surface area contributed by atoms with Gasteiger partial charge in [-0.15, -0.1) is 0 Å². The van der Waals surface area contributed by atoms with E-state index < -0.39 is 12.5 Å². The van der Waals surface area contributed by atoms with Crippen LogP contribution in [0.2, 0.25) is 0 Å². The van der Waals surface area contributed by atoms with Crippen LogP contribution in [0.5, 0.6) is 0 Å². The number of benzene rings is 7. The summed E-state index contributed by atoms with van der Waals surface area (Å²) < 4.78 is 0. The van der Waals surface area contributed by atoms with Crippen LogP contribution in [0.3, 0.4) is 0 Å². The van der Waals surface area contributed by atoms with Gasteiger partial charge in [0.25, 0.3) is 0 Å². The zero-order valence-electron chi connectivity index (χ0n) is 27.6. The van der Waals surface area contributed by atoms with Gasteiger partial charge in [0, 0.05) is 17.1 Å². The Kier molecular flexibility index (Phi) is 7.76. The van der Waals surface area contributed by atoms with Crippen LogP contribution in [-0.4, -0.2) is 17.2 Å². The molecule has 0 radical (unpaired) electrons. The summed E-state index contributed by atoms with van der Waals surface area (Å²) in [6.07, 6.45) is 0. The molecule has 4 heteroatoms. The highest BCUT2D eigenvalue weighted by Crippen LogP contribution is 2.56. The van der Waals surface area contributed by atoms with Gasteiger partial charge in [-0.05, 0) is 100 Å². The normalized spacial score (nSPS) is 12.7. The van der Waals surface area contributed by atoms with E-state index in [-0.39, 0.29) is 0 Å². The lowest BCUT2D eigenvalue weighted by Gasteiger charge is -2.34. The summed E-state index contributed by atoms with van der Waals surface area (Å²) in [5.74, 6) is 0. The second kappa shape index (κ2) is 12.4. The van der Waals surface area contributed by atoms with E-state index in [2.05, 4.69) is 164 Å². The average Bonchev–Trinajstić information content (AvgIpc) is 3.45. The van der Waals surface area contributed by atoms with Crippen molar-refractivity contribution in [2.75, 3.05) is 4.90 Å². The Balaban J connectivity index is 1.20. The van der Waals surface area contributed by atoms with Crippen LogP contribution in [0.1, 0.15) is 33.4 Å². The molecule has 7 aromatic rings. The molecule has 0 heterocycles.